The van der Waals surface area contributed by atoms with Crippen LogP contribution in [0.15, 0.2) is 66.3 Å². The molecular weight excluding hydrogens is 244 g/mol. The zero-order chi connectivity index (χ0) is 14.8. The Kier molecular flexibility index (Phi) is 4.10. The maximum atomic E-state index is 11.1. The van der Waals surface area contributed by atoms with Gasteiger partial charge in [-0.15, -0.1) is 0 Å². The van der Waals surface area contributed by atoms with Crippen LogP contribution in [0.4, 0.5) is 0 Å². The normalized spacial score (nSPS) is 15.1. The first-order valence-corrected chi connectivity index (χ1v) is 7.04. The van der Waals surface area contributed by atoms with E-state index in [4.69, 9.17) is 0 Å². The summed E-state index contributed by atoms with van der Waals surface area (Å²) in [4.78, 5) is 0. The Labute approximate surface area is 121 Å². The van der Waals surface area contributed by atoms with Crippen molar-refractivity contribution in [3.05, 3.63) is 71.8 Å². The lowest BCUT2D eigenvalue weighted by molar-refractivity contribution is 0.0958. The van der Waals surface area contributed by atoms with E-state index in [0.29, 0.717) is 0 Å². The average molecular weight is 266 g/mol. The van der Waals surface area contributed by atoms with Gasteiger partial charge in [0.05, 0.1) is 0 Å². The maximum Gasteiger partial charge on any atom is 0.109 e. The highest BCUT2D eigenvalue weighted by Gasteiger charge is 2.28. The van der Waals surface area contributed by atoms with Crippen LogP contribution in [0, 0.1) is 0 Å². The van der Waals surface area contributed by atoms with Crippen molar-refractivity contribution in [1.82, 2.24) is 0 Å². The van der Waals surface area contributed by atoms with Gasteiger partial charge in [0.1, 0.15) is 5.60 Å². The summed E-state index contributed by atoms with van der Waals surface area (Å²) in [6.07, 6.45) is 2.78. The zero-order valence-corrected chi connectivity index (χ0v) is 12.5. The molecule has 0 amide bonds. The molecule has 0 aliphatic rings. The molecule has 2 aromatic rings. The minimum atomic E-state index is -0.978. The molecule has 2 aromatic carbocycles. The number of benzene rings is 2. The summed E-state index contributed by atoms with van der Waals surface area (Å²) < 4.78 is 0. The Morgan fingerprint density at radius 1 is 1.20 bits per heavy atom. The summed E-state index contributed by atoms with van der Waals surface area (Å²) >= 11 is 0. The van der Waals surface area contributed by atoms with Gasteiger partial charge in [0.15, 0.2) is 0 Å². The highest BCUT2D eigenvalue weighted by Crippen LogP contribution is 2.36. The fourth-order valence-electron chi connectivity index (χ4n) is 2.71. The number of aliphatic hydroxyl groups is 1. The van der Waals surface area contributed by atoms with E-state index in [1.807, 2.05) is 44.2 Å². The molecule has 0 aliphatic heterocycles. The van der Waals surface area contributed by atoms with Crippen LogP contribution in [-0.4, -0.2) is 5.11 Å². The SMILES string of the molecule is C=C(C)/C=C(\CC)C(C)(O)c1cccc2ccccc12. The minimum Gasteiger partial charge on any atom is -0.381 e. The second kappa shape index (κ2) is 5.64. The molecule has 0 bridgehead atoms. The van der Waals surface area contributed by atoms with Crippen molar-refractivity contribution in [3.8, 4) is 0 Å². The molecule has 1 atom stereocenters. The van der Waals surface area contributed by atoms with Crippen molar-refractivity contribution in [1.29, 1.82) is 0 Å². The first kappa shape index (κ1) is 14.5. The Morgan fingerprint density at radius 2 is 1.85 bits per heavy atom. The van der Waals surface area contributed by atoms with Crippen molar-refractivity contribution in [2.45, 2.75) is 32.8 Å². The van der Waals surface area contributed by atoms with Gasteiger partial charge < -0.3 is 5.11 Å². The third-order valence-corrected chi connectivity index (χ3v) is 3.74. The summed E-state index contributed by atoms with van der Waals surface area (Å²) in [5.41, 5.74) is 1.92. The first-order valence-electron chi connectivity index (χ1n) is 7.04. The largest absolute Gasteiger partial charge is 0.381 e. The Balaban J connectivity index is 2.65. The number of hydrogen-bond donors (Lipinski definition) is 1. The second-order valence-corrected chi connectivity index (χ2v) is 5.47. The summed E-state index contributed by atoms with van der Waals surface area (Å²) in [5.74, 6) is 0. The van der Waals surface area contributed by atoms with E-state index >= 15 is 0 Å². The molecule has 2 rings (SSSR count). The topological polar surface area (TPSA) is 20.2 Å². The standard InChI is InChI=1S/C19H22O/c1-5-16(13-14(2)3)19(4,20)18-12-8-10-15-9-6-7-11-17(15)18/h6-13,20H,2,5H2,1,3-4H3/b16-13+. The van der Waals surface area contributed by atoms with Crippen LogP contribution < -0.4 is 0 Å². The van der Waals surface area contributed by atoms with Crippen LogP contribution in [0.1, 0.15) is 32.8 Å². The van der Waals surface area contributed by atoms with Crippen molar-refractivity contribution >= 4 is 10.8 Å². The summed E-state index contributed by atoms with van der Waals surface area (Å²) in [6, 6.07) is 14.2. The Bertz CT molecular complexity index is 657. The lowest BCUT2D eigenvalue weighted by Gasteiger charge is -2.28. The Morgan fingerprint density at radius 3 is 2.50 bits per heavy atom. The van der Waals surface area contributed by atoms with E-state index in [9.17, 15) is 5.11 Å². The first-order chi connectivity index (χ1) is 9.46. The quantitative estimate of drug-likeness (QED) is 0.775. The summed E-state index contributed by atoms with van der Waals surface area (Å²) in [5, 5.41) is 13.3. The molecular formula is C19H22O. The van der Waals surface area contributed by atoms with E-state index in [1.54, 1.807) is 0 Å². The molecule has 0 radical (unpaired) electrons. The van der Waals surface area contributed by atoms with Gasteiger partial charge in [0.25, 0.3) is 0 Å². The van der Waals surface area contributed by atoms with Gasteiger partial charge in [0.2, 0.25) is 0 Å². The van der Waals surface area contributed by atoms with Gasteiger partial charge >= 0.3 is 0 Å². The predicted molar refractivity (Wildman–Crippen MR) is 86.7 cm³/mol. The smallest absolute Gasteiger partial charge is 0.109 e. The monoisotopic (exact) mass is 266 g/mol. The van der Waals surface area contributed by atoms with Crippen LogP contribution in [0.25, 0.3) is 10.8 Å². The van der Waals surface area contributed by atoms with Crippen molar-refractivity contribution in [2.24, 2.45) is 0 Å². The molecule has 0 aliphatic carbocycles. The Hall–Kier alpha value is -1.86. The lowest BCUT2D eigenvalue weighted by atomic mass is 9.83. The van der Waals surface area contributed by atoms with Gasteiger partial charge in [-0.2, -0.15) is 0 Å². The number of rotatable bonds is 4. The molecule has 0 saturated carbocycles. The number of hydrogen-bond acceptors (Lipinski definition) is 1. The fraction of sp³-hybridized carbons (Fsp3) is 0.263. The zero-order valence-electron chi connectivity index (χ0n) is 12.5. The average Bonchev–Trinajstić information content (AvgIpc) is 2.43. The molecule has 104 valence electrons. The minimum absolute atomic E-state index is 0.795. The molecule has 0 fully saturated rings. The van der Waals surface area contributed by atoms with Crippen molar-refractivity contribution in [2.75, 3.05) is 0 Å². The number of fused-ring (bicyclic) bond motifs is 1. The molecule has 1 N–H and O–H groups in total. The van der Waals surface area contributed by atoms with Crippen LogP contribution in [0.5, 0.6) is 0 Å². The predicted octanol–water partition coefficient (Wildman–Crippen LogP) is 4.96. The molecule has 1 heteroatoms. The van der Waals surface area contributed by atoms with Gasteiger partial charge in [-0.25, -0.2) is 0 Å². The number of allylic oxidation sites excluding steroid dienone is 2. The van der Waals surface area contributed by atoms with Gasteiger partial charge in [-0.05, 0) is 42.2 Å². The van der Waals surface area contributed by atoms with Crippen LogP contribution >= 0.6 is 0 Å². The van der Waals surface area contributed by atoms with E-state index in [1.165, 1.54) is 0 Å². The summed E-state index contributed by atoms with van der Waals surface area (Å²) in [6.45, 7) is 9.81. The highest BCUT2D eigenvalue weighted by molar-refractivity contribution is 5.86. The second-order valence-electron chi connectivity index (χ2n) is 5.47. The third kappa shape index (κ3) is 2.68. The van der Waals surface area contributed by atoms with Crippen LogP contribution in [0.3, 0.4) is 0 Å². The van der Waals surface area contributed by atoms with Gasteiger partial charge in [-0.1, -0.05) is 67.6 Å². The van der Waals surface area contributed by atoms with E-state index in [2.05, 4.69) is 31.7 Å². The highest BCUT2D eigenvalue weighted by atomic mass is 16.3. The van der Waals surface area contributed by atoms with Gasteiger partial charge in [-0.3, -0.25) is 0 Å². The molecule has 0 spiro atoms. The van der Waals surface area contributed by atoms with Crippen LogP contribution in [0.2, 0.25) is 0 Å². The van der Waals surface area contributed by atoms with Crippen LogP contribution in [-0.2, 0) is 5.60 Å². The van der Waals surface area contributed by atoms with Gasteiger partial charge in [0, 0.05) is 0 Å². The van der Waals surface area contributed by atoms with E-state index in [-0.39, 0.29) is 0 Å². The molecule has 20 heavy (non-hydrogen) atoms. The molecule has 0 heterocycles. The molecule has 0 aromatic heterocycles. The van der Waals surface area contributed by atoms with E-state index in [0.717, 1.165) is 33.9 Å². The third-order valence-electron chi connectivity index (χ3n) is 3.74. The molecule has 1 nitrogen and oxygen atoms in total. The molecule has 1 unspecified atom stereocenters. The van der Waals surface area contributed by atoms with Crippen molar-refractivity contribution < 1.29 is 5.11 Å². The fourth-order valence-corrected chi connectivity index (χ4v) is 2.71. The summed E-state index contributed by atoms with van der Waals surface area (Å²) in [7, 11) is 0. The lowest BCUT2D eigenvalue weighted by Crippen LogP contribution is -2.24. The van der Waals surface area contributed by atoms with E-state index < -0.39 is 5.60 Å². The maximum absolute atomic E-state index is 11.1. The molecule has 0 saturated heterocycles. The van der Waals surface area contributed by atoms with Crippen molar-refractivity contribution in [3.63, 3.8) is 0 Å².